The van der Waals surface area contributed by atoms with Gasteiger partial charge in [-0.25, -0.2) is 8.42 Å². The van der Waals surface area contributed by atoms with E-state index in [2.05, 4.69) is 10.1 Å². The van der Waals surface area contributed by atoms with Crippen molar-refractivity contribution >= 4 is 50.7 Å². The first-order valence-corrected chi connectivity index (χ1v) is 16.5. The lowest BCUT2D eigenvalue weighted by atomic mass is 9.77. The number of nitrogens with zero attached hydrogens (tertiary/aromatic N) is 2. The largest absolute Gasteiger partial charge is 0.573 e. The fraction of sp³-hybridized carbons (Fsp3) is 0.355. The molecule has 1 fully saturated rings. The average molecular weight is 734 g/mol. The number of fused-ring (bicyclic) bond motifs is 1. The molecule has 5 rings (SSSR count). The number of amides is 2. The number of hydrogen-bond donors (Lipinski definition) is 2. The summed E-state index contributed by atoms with van der Waals surface area (Å²) >= 11 is 13.2. The van der Waals surface area contributed by atoms with Gasteiger partial charge in [0, 0.05) is 29.6 Å². The van der Waals surface area contributed by atoms with Crippen LogP contribution in [0.25, 0.3) is 0 Å². The van der Waals surface area contributed by atoms with Gasteiger partial charge in [0.2, 0.25) is 5.54 Å². The lowest BCUT2D eigenvalue weighted by Gasteiger charge is -2.49. The maximum absolute atomic E-state index is 15.5. The summed E-state index contributed by atoms with van der Waals surface area (Å²) in [6.07, 6.45) is -6.59. The van der Waals surface area contributed by atoms with Gasteiger partial charge in [-0.1, -0.05) is 23.2 Å². The van der Waals surface area contributed by atoms with Crippen LogP contribution < -0.4 is 23.8 Å². The number of ether oxygens (including phenoxy) is 3. The van der Waals surface area contributed by atoms with E-state index in [-0.39, 0.29) is 56.9 Å². The third-order valence-corrected chi connectivity index (χ3v) is 11.4. The molecule has 2 heterocycles. The number of aliphatic hydroxyl groups excluding tert-OH is 1. The van der Waals surface area contributed by atoms with E-state index in [1.54, 1.807) is 0 Å². The van der Waals surface area contributed by atoms with E-state index >= 15 is 4.79 Å². The molecule has 4 atom stereocenters. The molecule has 0 aromatic heterocycles. The van der Waals surface area contributed by atoms with E-state index in [4.69, 9.17) is 32.7 Å². The monoisotopic (exact) mass is 732 g/mol. The van der Waals surface area contributed by atoms with Gasteiger partial charge in [0.15, 0.2) is 11.8 Å². The zero-order valence-corrected chi connectivity index (χ0v) is 28.5. The van der Waals surface area contributed by atoms with Crippen LogP contribution >= 0.6 is 23.2 Å². The number of halogens is 5. The number of aliphatic hydroxyl groups is 1. The Balaban J connectivity index is 1.95. The molecule has 2 amide bonds. The fourth-order valence-corrected chi connectivity index (χ4v) is 8.91. The zero-order valence-electron chi connectivity index (χ0n) is 26.2. The van der Waals surface area contributed by atoms with Crippen molar-refractivity contribution in [3.05, 3.63) is 75.3 Å². The molecule has 17 heteroatoms. The first-order chi connectivity index (χ1) is 22.4. The summed E-state index contributed by atoms with van der Waals surface area (Å²) in [7, 11) is 0.0981. The van der Waals surface area contributed by atoms with Crippen LogP contribution in [0.15, 0.2) is 53.4 Å². The molecule has 0 saturated carbocycles. The highest BCUT2D eigenvalue weighted by atomic mass is 35.5. The molecule has 2 aliphatic heterocycles. The molecule has 258 valence electrons. The van der Waals surface area contributed by atoms with Gasteiger partial charge in [-0.15, -0.1) is 13.2 Å². The smallest absolute Gasteiger partial charge is 0.497 e. The average Bonchev–Trinajstić information content (AvgIpc) is 3.48. The molecule has 11 nitrogen and oxygen atoms in total. The Morgan fingerprint density at radius 2 is 1.77 bits per heavy atom. The summed E-state index contributed by atoms with van der Waals surface area (Å²) in [4.78, 5) is 28.0. The Kier molecular flexibility index (Phi) is 9.10. The maximum Gasteiger partial charge on any atom is 0.573 e. The molecule has 3 aromatic rings. The lowest BCUT2D eigenvalue weighted by molar-refractivity contribution is -0.953. The predicted octanol–water partition coefficient (Wildman–Crippen LogP) is 4.52. The number of carbonyl (C=O) groups excluding carboxylic acids is 2. The number of carbonyl (C=O) groups is 2. The molecule has 3 aromatic carbocycles. The second kappa shape index (κ2) is 12.3. The Morgan fingerprint density at radius 3 is 2.38 bits per heavy atom. The number of likely N-dealkylation sites (tertiary alicyclic amines) is 1. The second-order valence-corrected chi connectivity index (χ2v) is 14.1. The number of alkyl halides is 3. The van der Waals surface area contributed by atoms with Crippen LogP contribution in [0.1, 0.15) is 23.1 Å². The van der Waals surface area contributed by atoms with Crippen LogP contribution in [0, 0.1) is 6.92 Å². The first kappa shape index (κ1) is 35.5. The van der Waals surface area contributed by atoms with Gasteiger partial charge >= 0.3 is 12.3 Å². The Labute approximate surface area is 284 Å². The number of hydrogen-bond acceptors (Lipinski definition) is 8. The summed E-state index contributed by atoms with van der Waals surface area (Å²) < 4.78 is 84.8. The van der Waals surface area contributed by atoms with Crippen LogP contribution in [0.4, 0.5) is 18.9 Å². The Bertz CT molecular complexity index is 1930. The number of benzene rings is 3. The van der Waals surface area contributed by atoms with E-state index in [9.17, 15) is 31.5 Å². The number of anilines is 1. The molecule has 2 unspecified atom stereocenters. The third-order valence-electron chi connectivity index (χ3n) is 8.99. The quantitative estimate of drug-likeness (QED) is 0.324. The highest BCUT2D eigenvalue weighted by Crippen LogP contribution is 2.59. The van der Waals surface area contributed by atoms with Crippen molar-refractivity contribution in [3.8, 4) is 17.2 Å². The standard InChI is InChI=1S/C31H30Cl2F3N3O8S/c1-16-21(33)8-9-22-27(16)30(20-12-17(32)6-10-24(20)46-5,39(3)15-18(40)13-23(39)28(41)37-2)29(42)38(22)48(43,44)26-11-7-19(45-4)14-25(26)47-31(34,35)36/h6-12,14,18,23,40H,13,15H2,1-5H3/p+1/t18-,23+,30?,39?/m1/s1. The van der Waals surface area contributed by atoms with Gasteiger partial charge < -0.3 is 24.6 Å². The molecule has 0 spiro atoms. The Morgan fingerprint density at radius 1 is 1.08 bits per heavy atom. The molecule has 0 bridgehead atoms. The molecule has 2 N–H and O–H groups in total. The molecule has 0 aliphatic carbocycles. The van der Waals surface area contributed by atoms with Crippen molar-refractivity contribution in [1.82, 2.24) is 5.32 Å². The fourth-order valence-electron chi connectivity index (χ4n) is 7.03. The predicted molar refractivity (Wildman–Crippen MR) is 169 cm³/mol. The van der Waals surface area contributed by atoms with Crippen LogP contribution in [-0.4, -0.2) is 83.2 Å². The summed E-state index contributed by atoms with van der Waals surface area (Å²) in [5.41, 5.74) is -2.23. The topological polar surface area (TPSA) is 131 Å². The minimum atomic E-state index is -5.32. The summed E-state index contributed by atoms with van der Waals surface area (Å²) in [6.45, 7) is 1.29. The van der Waals surface area contributed by atoms with Crippen LogP contribution in [0.5, 0.6) is 17.2 Å². The lowest BCUT2D eigenvalue weighted by Crippen LogP contribution is -2.69. The number of rotatable bonds is 8. The molecular weight excluding hydrogens is 702 g/mol. The van der Waals surface area contributed by atoms with Gasteiger partial charge in [0.05, 0.1) is 38.1 Å². The summed E-state index contributed by atoms with van der Waals surface area (Å²) in [5.74, 6) is -3.00. The number of nitrogens with one attached hydrogen (secondary N) is 1. The van der Waals surface area contributed by atoms with Crippen molar-refractivity contribution in [3.63, 3.8) is 0 Å². The minimum absolute atomic E-state index is 0.0152. The molecule has 1 saturated heterocycles. The van der Waals surface area contributed by atoms with Gasteiger partial charge in [-0.05, 0) is 55.0 Å². The highest BCUT2D eigenvalue weighted by Gasteiger charge is 2.72. The van der Waals surface area contributed by atoms with E-state index in [1.807, 2.05) is 0 Å². The van der Waals surface area contributed by atoms with Crippen molar-refractivity contribution in [1.29, 1.82) is 0 Å². The van der Waals surface area contributed by atoms with Crippen molar-refractivity contribution in [2.75, 3.05) is 39.2 Å². The SMILES string of the molecule is CNC(=O)[C@@H]1C[C@@H](O)C[N+]1(C)C1(c2cc(Cl)ccc2OC)C(=O)N(S(=O)(=O)c2ccc(OC)cc2OC(F)(F)F)c2ccc(Cl)c(C)c21. The van der Waals surface area contributed by atoms with Crippen molar-refractivity contribution < 1.29 is 55.0 Å². The number of methoxy groups -OCH3 is 2. The summed E-state index contributed by atoms with van der Waals surface area (Å²) in [5, 5.41) is 13.9. The Hall–Kier alpha value is -3.76. The summed E-state index contributed by atoms with van der Waals surface area (Å²) in [6, 6.07) is 8.41. The normalized spacial score (nSPS) is 24.0. The van der Waals surface area contributed by atoms with Crippen molar-refractivity contribution in [2.45, 2.75) is 42.3 Å². The van der Waals surface area contributed by atoms with Gasteiger partial charge in [0.1, 0.15) is 29.0 Å². The van der Waals surface area contributed by atoms with Gasteiger partial charge in [-0.3, -0.25) is 14.1 Å². The van der Waals surface area contributed by atoms with Crippen LogP contribution in [-0.2, 0) is 25.2 Å². The molecule has 2 aliphatic rings. The molecular formula is C31H31Cl2F3N3O8S+. The van der Waals surface area contributed by atoms with Crippen LogP contribution in [0.2, 0.25) is 10.0 Å². The highest BCUT2D eigenvalue weighted by molar-refractivity contribution is 7.93. The van der Waals surface area contributed by atoms with E-state index in [0.717, 1.165) is 25.3 Å². The number of quaternary nitrogens is 1. The minimum Gasteiger partial charge on any atom is -0.497 e. The van der Waals surface area contributed by atoms with E-state index < -0.39 is 61.0 Å². The zero-order chi connectivity index (χ0) is 35.6. The molecule has 48 heavy (non-hydrogen) atoms. The second-order valence-electron chi connectivity index (χ2n) is 11.5. The van der Waals surface area contributed by atoms with Crippen LogP contribution in [0.3, 0.4) is 0 Å². The maximum atomic E-state index is 15.5. The number of likely N-dealkylation sites (N-methyl/N-ethyl adjacent to an activating group) is 2. The third kappa shape index (κ3) is 5.32. The van der Waals surface area contributed by atoms with E-state index in [1.165, 1.54) is 58.5 Å². The van der Waals surface area contributed by atoms with Gasteiger partial charge in [-0.2, -0.15) is 4.31 Å². The van der Waals surface area contributed by atoms with Crippen molar-refractivity contribution in [2.24, 2.45) is 0 Å². The first-order valence-electron chi connectivity index (χ1n) is 14.3. The van der Waals surface area contributed by atoms with E-state index in [0.29, 0.717) is 4.31 Å². The molecule has 0 radical (unpaired) electrons. The number of sulfonamides is 1. The van der Waals surface area contributed by atoms with Gasteiger partial charge in [0.25, 0.3) is 15.9 Å².